The largest absolute Gasteiger partial charge is 0.347 e. The van der Waals surface area contributed by atoms with E-state index in [9.17, 15) is 9.59 Å². The van der Waals surface area contributed by atoms with Crippen LogP contribution in [-0.4, -0.2) is 33.1 Å². The Labute approximate surface area is 161 Å². The second kappa shape index (κ2) is 6.74. The monoisotopic (exact) mass is 380 g/mol. The van der Waals surface area contributed by atoms with Crippen molar-refractivity contribution in [2.45, 2.75) is 30.0 Å². The van der Waals surface area contributed by atoms with Crippen molar-refractivity contribution in [3.05, 3.63) is 54.4 Å². The zero-order valence-electron chi connectivity index (χ0n) is 15.2. The first kappa shape index (κ1) is 17.6. The number of hydrogen-bond donors (Lipinski definition) is 2. The molecule has 4 rings (SSSR count). The van der Waals surface area contributed by atoms with Crippen molar-refractivity contribution in [1.29, 1.82) is 0 Å². The normalized spacial score (nSPS) is 19.2. The van der Waals surface area contributed by atoms with E-state index < -0.39 is 4.75 Å². The van der Waals surface area contributed by atoms with Crippen LogP contribution in [0.1, 0.15) is 19.7 Å². The van der Waals surface area contributed by atoms with Gasteiger partial charge in [0.1, 0.15) is 5.82 Å². The third-order valence-electron chi connectivity index (χ3n) is 4.73. The lowest BCUT2D eigenvalue weighted by Crippen LogP contribution is -2.56. The summed E-state index contributed by atoms with van der Waals surface area (Å²) in [5.41, 5.74) is 2.63. The van der Waals surface area contributed by atoms with Gasteiger partial charge in [-0.05, 0) is 38.1 Å². The van der Waals surface area contributed by atoms with Crippen molar-refractivity contribution in [2.24, 2.45) is 0 Å². The molecular weight excluding hydrogens is 360 g/mol. The van der Waals surface area contributed by atoms with Crippen LogP contribution >= 0.6 is 11.8 Å². The number of carbonyl (C=O) groups is 2. The quantitative estimate of drug-likeness (QED) is 0.682. The van der Waals surface area contributed by atoms with Crippen molar-refractivity contribution in [1.82, 2.24) is 15.3 Å². The van der Waals surface area contributed by atoms with Gasteiger partial charge in [-0.3, -0.25) is 9.59 Å². The first-order valence-electron chi connectivity index (χ1n) is 8.85. The van der Waals surface area contributed by atoms with E-state index in [1.165, 1.54) is 11.8 Å². The van der Waals surface area contributed by atoms with Gasteiger partial charge in [0.15, 0.2) is 4.75 Å². The molecule has 0 saturated heterocycles. The van der Waals surface area contributed by atoms with Gasteiger partial charge < -0.3 is 15.2 Å². The number of hydrogen-bond acceptors (Lipinski definition) is 4. The van der Waals surface area contributed by atoms with Crippen LogP contribution in [0.25, 0.3) is 11.0 Å². The van der Waals surface area contributed by atoms with Gasteiger partial charge in [-0.2, -0.15) is 0 Å². The molecule has 0 radical (unpaired) electrons. The topological polar surface area (TPSA) is 78.1 Å². The summed E-state index contributed by atoms with van der Waals surface area (Å²) in [6.45, 7) is 4.36. The number of amides is 2. The molecule has 1 atom stereocenters. The Bertz CT molecular complexity index is 999. The van der Waals surface area contributed by atoms with E-state index in [0.717, 1.165) is 21.6 Å². The molecule has 1 aliphatic rings. The average molecular weight is 380 g/mol. The molecule has 0 saturated carbocycles. The highest BCUT2D eigenvalue weighted by molar-refractivity contribution is 8.02. The Morgan fingerprint density at radius 2 is 1.96 bits per heavy atom. The van der Waals surface area contributed by atoms with E-state index in [1.54, 1.807) is 11.8 Å². The van der Waals surface area contributed by atoms with Crippen LogP contribution in [0.15, 0.2) is 53.4 Å². The van der Waals surface area contributed by atoms with Gasteiger partial charge in [0.2, 0.25) is 5.91 Å². The fraction of sp³-hybridized carbons (Fsp3) is 0.250. The zero-order chi connectivity index (χ0) is 19.0. The SMILES string of the molecule is CCN1C(=O)C(C)(C(=O)NCc2nc3ccccc3[nH]2)Sc2ccccc21. The molecule has 27 heavy (non-hydrogen) atoms. The summed E-state index contributed by atoms with van der Waals surface area (Å²) in [7, 11) is 0. The van der Waals surface area contributed by atoms with Crippen LogP contribution in [0.4, 0.5) is 5.69 Å². The Kier molecular flexibility index (Phi) is 4.39. The van der Waals surface area contributed by atoms with Crippen molar-refractivity contribution in [3.63, 3.8) is 0 Å². The molecule has 0 spiro atoms. The Morgan fingerprint density at radius 1 is 1.22 bits per heavy atom. The van der Waals surface area contributed by atoms with Gasteiger partial charge in [-0.1, -0.05) is 36.0 Å². The van der Waals surface area contributed by atoms with Gasteiger partial charge in [0, 0.05) is 11.4 Å². The summed E-state index contributed by atoms with van der Waals surface area (Å²) in [6.07, 6.45) is 0. The molecule has 138 valence electrons. The van der Waals surface area contributed by atoms with E-state index in [4.69, 9.17) is 0 Å². The fourth-order valence-corrected chi connectivity index (χ4v) is 4.51. The van der Waals surface area contributed by atoms with Crippen LogP contribution in [0.3, 0.4) is 0 Å². The van der Waals surface area contributed by atoms with E-state index in [0.29, 0.717) is 12.4 Å². The maximum Gasteiger partial charge on any atom is 0.252 e. The molecule has 2 heterocycles. The van der Waals surface area contributed by atoms with Crippen LogP contribution in [0.2, 0.25) is 0 Å². The van der Waals surface area contributed by atoms with Crippen LogP contribution in [0.5, 0.6) is 0 Å². The second-order valence-electron chi connectivity index (χ2n) is 6.54. The number of aromatic nitrogens is 2. The lowest BCUT2D eigenvalue weighted by atomic mass is 10.1. The molecule has 2 aromatic carbocycles. The third-order valence-corrected chi connectivity index (χ3v) is 6.06. The average Bonchev–Trinajstić information content (AvgIpc) is 3.10. The number of carbonyl (C=O) groups excluding carboxylic acids is 2. The maximum atomic E-state index is 13.1. The van der Waals surface area contributed by atoms with Crippen molar-refractivity contribution < 1.29 is 9.59 Å². The summed E-state index contributed by atoms with van der Waals surface area (Å²) in [4.78, 5) is 36.3. The summed E-state index contributed by atoms with van der Waals surface area (Å²) in [6, 6.07) is 15.4. The minimum atomic E-state index is -1.21. The smallest absolute Gasteiger partial charge is 0.252 e. The molecule has 2 N–H and O–H groups in total. The second-order valence-corrected chi connectivity index (χ2v) is 8.00. The van der Waals surface area contributed by atoms with E-state index in [2.05, 4.69) is 15.3 Å². The number of aromatic amines is 1. The van der Waals surface area contributed by atoms with Crippen LogP contribution < -0.4 is 10.2 Å². The lowest BCUT2D eigenvalue weighted by Gasteiger charge is -2.38. The molecule has 3 aromatic rings. The zero-order valence-corrected chi connectivity index (χ0v) is 16.0. The summed E-state index contributed by atoms with van der Waals surface area (Å²) in [5.74, 6) is 0.149. The molecule has 2 amide bonds. The fourth-order valence-electron chi connectivity index (χ4n) is 3.28. The Hall–Kier alpha value is -2.80. The highest BCUT2D eigenvalue weighted by Crippen LogP contribution is 2.45. The van der Waals surface area contributed by atoms with Gasteiger partial charge in [-0.15, -0.1) is 0 Å². The van der Waals surface area contributed by atoms with Crippen molar-refractivity contribution in [3.8, 4) is 0 Å². The van der Waals surface area contributed by atoms with Gasteiger partial charge in [0.25, 0.3) is 5.91 Å². The molecular formula is C20H20N4O2S. The summed E-state index contributed by atoms with van der Waals surface area (Å²) >= 11 is 1.30. The third kappa shape index (κ3) is 2.98. The van der Waals surface area contributed by atoms with Gasteiger partial charge in [0.05, 0.1) is 23.3 Å². The van der Waals surface area contributed by atoms with Crippen LogP contribution in [0, 0.1) is 0 Å². The number of H-pyrrole nitrogens is 1. The minimum Gasteiger partial charge on any atom is -0.347 e. The first-order chi connectivity index (χ1) is 13.0. The number of benzene rings is 2. The number of para-hydroxylation sites is 3. The number of fused-ring (bicyclic) bond motifs is 2. The maximum absolute atomic E-state index is 13.1. The molecule has 0 fully saturated rings. The molecule has 6 nitrogen and oxygen atoms in total. The van der Waals surface area contributed by atoms with Crippen molar-refractivity contribution >= 4 is 40.3 Å². The molecule has 0 bridgehead atoms. The number of rotatable bonds is 4. The number of nitrogens with zero attached hydrogens (tertiary/aromatic N) is 2. The molecule has 1 aliphatic heterocycles. The Balaban J connectivity index is 1.56. The van der Waals surface area contributed by atoms with Crippen molar-refractivity contribution in [2.75, 3.05) is 11.4 Å². The number of nitrogens with one attached hydrogen (secondary N) is 2. The highest BCUT2D eigenvalue weighted by Gasteiger charge is 2.48. The predicted octanol–water partition coefficient (Wildman–Crippen LogP) is 3.10. The summed E-state index contributed by atoms with van der Waals surface area (Å²) in [5, 5.41) is 2.87. The van der Waals surface area contributed by atoms with Gasteiger partial charge in [-0.25, -0.2) is 4.98 Å². The highest BCUT2D eigenvalue weighted by atomic mass is 32.2. The number of imidazole rings is 1. The standard InChI is InChI=1S/C20H20N4O2S/c1-3-24-15-10-6-7-11-16(15)27-20(2,19(24)26)18(25)21-12-17-22-13-8-4-5-9-14(13)23-17/h4-11H,3,12H2,1-2H3,(H,21,25)(H,22,23). The van der Waals surface area contributed by atoms with Crippen LogP contribution in [-0.2, 0) is 16.1 Å². The summed E-state index contributed by atoms with van der Waals surface area (Å²) < 4.78 is -1.21. The van der Waals surface area contributed by atoms with E-state index in [-0.39, 0.29) is 18.4 Å². The lowest BCUT2D eigenvalue weighted by molar-refractivity contribution is -0.131. The van der Waals surface area contributed by atoms with E-state index in [1.807, 2.05) is 55.5 Å². The minimum absolute atomic E-state index is 0.198. The number of thioether (sulfide) groups is 1. The number of anilines is 1. The predicted molar refractivity (Wildman–Crippen MR) is 107 cm³/mol. The molecule has 7 heteroatoms. The molecule has 0 aliphatic carbocycles. The Morgan fingerprint density at radius 3 is 2.74 bits per heavy atom. The molecule has 1 unspecified atom stereocenters. The van der Waals surface area contributed by atoms with Gasteiger partial charge >= 0.3 is 0 Å². The van der Waals surface area contributed by atoms with E-state index >= 15 is 0 Å². The first-order valence-corrected chi connectivity index (χ1v) is 9.66. The molecule has 1 aromatic heterocycles.